The maximum Gasteiger partial charge on any atom is 0.269 e. The Kier molecular flexibility index (Phi) is 5.73. The number of nitro groups is 1. The second-order valence-electron chi connectivity index (χ2n) is 6.39. The smallest absolute Gasteiger partial charge is 0.269 e. The molecule has 2 aliphatic rings. The maximum absolute atomic E-state index is 12.9. The Morgan fingerprint density at radius 1 is 1.17 bits per heavy atom. The van der Waals surface area contributed by atoms with Crippen molar-refractivity contribution in [3.63, 3.8) is 0 Å². The average Bonchev–Trinajstić information content (AvgIpc) is 2.99. The van der Waals surface area contributed by atoms with Crippen molar-refractivity contribution in [2.45, 2.75) is 25.3 Å². The molecule has 1 aromatic rings. The van der Waals surface area contributed by atoms with Gasteiger partial charge in [-0.05, 0) is 50.2 Å². The number of nitro benzene ring substituents is 1. The van der Waals surface area contributed by atoms with Gasteiger partial charge in [0.2, 0.25) is 0 Å². The first-order valence-corrected chi connectivity index (χ1v) is 9.66. The van der Waals surface area contributed by atoms with Gasteiger partial charge in [-0.3, -0.25) is 14.9 Å². The van der Waals surface area contributed by atoms with E-state index in [2.05, 4.69) is 4.90 Å². The fraction of sp³-hybridized carbons (Fsp3) is 0.588. The predicted molar refractivity (Wildman–Crippen MR) is 95.5 cm³/mol. The van der Waals surface area contributed by atoms with E-state index < -0.39 is 4.92 Å². The summed E-state index contributed by atoms with van der Waals surface area (Å²) in [5.41, 5.74) is 0.561. The third-order valence-electron chi connectivity index (χ3n) is 4.69. The molecule has 130 valence electrons. The van der Waals surface area contributed by atoms with E-state index in [1.165, 1.54) is 25.0 Å². The fourth-order valence-corrected chi connectivity index (χ4v) is 4.46. The number of likely N-dealkylation sites (tertiary alicyclic amines) is 1. The van der Waals surface area contributed by atoms with Gasteiger partial charge in [-0.25, -0.2) is 0 Å². The highest BCUT2D eigenvalue weighted by Crippen LogP contribution is 2.22. The van der Waals surface area contributed by atoms with Crippen molar-refractivity contribution in [2.75, 3.05) is 37.7 Å². The summed E-state index contributed by atoms with van der Waals surface area (Å²) in [6.45, 7) is 3.95. The van der Waals surface area contributed by atoms with E-state index in [1.54, 1.807) is 12.1 Å². The number of amides is 1. The summed E-state index contributed by atoms with van der Waals surface area (Å²) < 4.78 is 0. The number of nitrogens with zero attached hydrogens (tertiary/aromatic N) is 3. The summed E-state index contributed by atoms with van der Waals surface area (Å²) in [6, 6.07) is 6.19. The van der Waals surface area contributed by atoms with Crippen molar-refractivity contribution in [3.05, 3.63) is 39.9 Å². The van der Waals surface area contributed by atoms with Crippen molar-refractivity contribution in [2.24, 2.45) is 0 Å². The van der Waals surface area contributed by atoms with Gasteiger partial charge >= 0.3 is 0 Å². The molecule has 6 nitrogen and oxygen atoms in total. The highest BCUT2D eigenvalue weighted by Gasteiger charge is 2.29. The zero-order valence-corrected chi connectivity index (χ0v) is 14.5. The lowest BCUT2D eigenvalue weighted by atomic mass is 10.1. The first-order valence-electron chi connectivity index (χ1n) is 8.50. The number of benzene rings is 1. The summed E-state index contributed by atoms with van der Waals surface area (Å²) in [6.07, 6.45) is 3.49. The number of hydrogen-bond acceptors (Lipinski definition) is 5. The van der Waals surface area contributed by atoms with Crippen LogP contribution in [-0.4, -0.2) is 64.4 Å². The van der Waals surface area contributed by atoms with E-state index in [0.717, 1.165) is 44.1 Å². The molecule has 1 amide bonds. The average molecular weight is 349 g/mol. The summed E-state index contributed by atoms with van der Waals surface area (Å²) in [4.78, 5) is 27.7. The lowest BCUT2D eigenvalue weighted by Gasteiger charge is -2.32. The number of non-ortho nitro benzene ring substituents is 1. The van der Waals surface area contributed by atoms with Crippen molar-refractivity contribution in [3.8, 4) is 0 Å². The van der Waals surface area contributed by atoms with E-state index in [9.17, 15) is 14.9 Å². The van der Waals surface area contributed by atoms with Crippen LogP contribution in [0, 0.1) is 10.1 Å². The molecule has 3 rings (SSSR count). The number of carbonyl (C=O) groups is 1. The van der Waals surface area contributed by atoms with Crippen LogP contribution in [0.15, 0.2) is 24.3 Å². The number of hydrogen-bond donors (Lipinski definition) is 0. The Balaban J connectivity index is 1.74. The molecule has 0 aliphatic carbocycles. The second-order valence-corrected chi connectivity index (χ2v) is 7.54. The molecular formula is C17H23N3O3S. The number of carbonyl (C=O) groups excluding carboxylic acids is 1. The van der Waals surface area contributed by atoms with Crippen LogP contribution in [0.1, 0.15) is 29.6 Å². The van der Waals surface area contributed by atoms with Gasteiger partial charge in [0.05, 0.1) is 11.0 Å². The van der Waals surface area contributed by atoms with Crippen molar-refractivity contribution < 1.29 is 9.72 Å². The lowest BCUT2D eigenvalue weighted by Crippen LogP contribution is -2.47. The normalized spacial score (nSPS) is 22.3. The van der Waals surface area contributed by atoms with E-state index in [-0.39, 0.29) is 17.6 Å². The third-order valence-corrected chi connectivity index (χ3v) is 5.89. The first-order chi connectivity index (χ1) is 11.6. The highest BCUT2D eigenvalue weighted by molar-refractivity contribution is 7.99. The summed E-state index contributed by atoms with van der Waals surface area (Å²) in [5.74, 6) is 2.05. The van der Waals surface area contributed by atoms with Crippen molar-refractivity contribution in [1.29, 1.82) is 0 Å². The molecule has 2 fully saturated rings. The third kappa shape index (κ3) is 4.08. The topological polar surface area (TPSA) is 66.7 Å². The maximum atomic E-state index is 12.9. The van der Waals surface area contributed by atoms with Crippen LogP contribution in [0.25, 0.3) is 0 Å². The molecule has 0 radical (unpaired) electrons. The lowest BCUT2D eigenvalue weighted by molar-refractivity contribution is -0.384. The standard InChI is InChI=1S/C17H23N3O3S/c21-17(14-4-6-15(7-5-14)20(22)23)19-10-3-11-24-13-16(19)12-18-8-1-2-9-18/h4-7,16H,1-3,8-13H2. The minimum absolute atomic E-state index is 0.00315. The number of rotatable bonds is 4. The molecule has 2 saturated heterocycles. The van der Waals surface area contributed by atoms with Gasteiger partial charge in [0.15, 0.2) is 0 Å². The molecule has 0 saturated carbocycles. The fourth-order valence-electron chi connectivity index (χ4n) is 3.40. The number of thioether (sulfide) groups is 1. The van der Waals surface area contributed by atoms with Crippen LogP contribution < -0.4 is 0 Å². The Labute approximate surface area is 146 Å². The van der Waals surface area contributed by atoms with Crippen molar-refractivity contribution >= 4 is 23.4 Å². The zero-order valence-electron chi connectivity index (χ0n) is 13.7. The molecule has 1 aromatic carbocycles. The molecule has 2 heterocycles. The predicted octanol–water partition coefficient (Wildman–Crippen LogP) is 2.64. The van der Waals surface area contributed by atoms with Crippen LogP contribution in [0.4, 0.5) is 5.69 Å². The molecule has 0 spiro atoms. The van der Waals surface area contributed by atoms with Gasteiger partial charge in [0, 0.05) is 36.5 Å². The zero-order chi connectivity index (χ0) is 16.9. The van der Waals surface area contributed by atoms with Crippen LogP contribution in [0.2, 0.25) is 0 Å². The minimum Gasteiger partial charge on any atom is -0.334 e. The van der Waals surface area contributed by atoms with Gasteiger partial charge in [0.1, 0.15) is 0 Å². The largest absolute Gasteiger partial charge is 0.334 e. The SMILES string of the molecule is O=C(c1ccc([N+](=O)[O-])cc1)N1CCCSCC1CN1CCCC1. The Morgan fingerprint density at radius 2 is 1.88 bits per heavy atom. The molecule has 0 N–H and O–H groups in total. The monoisotopic (exact) mass is 349 g/mol. The quantitative estimate of drug-likeness (QED) is 0.617. The minimum atomic E-state index is -0.437. The van der Waals surface area contributed by atoms with Crippen LogP contribution in [0.5, 0.6) is 0 Å². The van der Waals surface area contributed by atoms with Crippen LogP contribution in [0.3, 0.4) is 0 Å². The molecule has 24 heavy (non-hydrogen) atoms. The second kappa shape index (κ2) is 7.98. The van der Waals surface area contributed by atoms with E-state index >= 15 is 0 Å². The van der Waals surface area contributed by atoms with Crippen LogP contribution in [-0.2, 0) is 0 Å². The van der Waals surface area contributed by atoms with E-state index in [4.69, 9.17) is 0 Å². The molecule has 2 aliphatic heterocycles. The molecule has 0 bridgehead atoms. The Hall–Kier alpha value is -1.60. The van der Waals surface area contributed by atoms with Gasteiger partial charge < -0.3 is 9.80 Å². The van der Waals surface area contributed by atoms with Crippen LogP contribution >= 0.6 is 11.8 Å². The molecular weight excluding hydrogens is 326 g/mol. The molecule has 0 aromatic heterocycles. The van der Waals surface area contributed by atoms with Crippen molar-refractivity contribution in [1.82, 2.24) is 9.80 Å². The summed E-state index contributed by atoms with van der Waals surface area (Å²) >= 11 is 1.92. The molecule has 7 heteroatoms. The Bertz CT molecular complexity index is 587. The van der Waals surface area contributed by atoms with Gasteiger partial charge in [-0.15, -0.1) is 0 Å². The van der Waals surface area contributed by atoms with E-state index in [1.807, 2.05) is 16.7 Å². The first kappa shape index (κ1) is 17.2. The summed E-state index contributed by atoms with van der Waals surface area (Å²) in [7, 11) is 0. The molecule has 1 unspecified atom stereocenters. The van der Waals surface area contributed by atoms with Gasteiger partial charge in [-0.2, -0.15) is 11.8 Å². The molecule has 1 atom stereocenters. The highest BCUT2D eigenvalue weighted by atomic mass is 32.2. The summed E-state index contributed by atoms with van der Waals surface area (Å²) in [5, 5.41) is 10.8. The van der Waals surface area contributed by atoms with E-state index in [0.29, 0.717) is 5.56 Å². The van der Waals surface area contributed by atoms with Gasteiger partial charge in [0.25, 0.3) is 11.6 Å². The van der Waals surface area contributed by atoms with Gasteiger partial charge in [-0.1, -0.05) is 0 Å². The Morgan fingerprint density at radius 3 is 2.54 bits per heavy atom.